The second-order valence-electron chi connectivity index (χ2n) is 2.23. The van der Waals surface area contributed by atoms with Gasteiger partial charge in [-0.1, -0.05) is 13.8 Å². The molecule has 0 saturated carbocycles. The Labute approximate surface area is 51.0 Å². The Bertz CT molecular complexity index is 59.5. The molecule has 0 rings (SSSR count). The van der Waals surface area contributed by atoms with Crippen molar-refractivity contribution in [3.05, 3.63) is 0 Å². The maximum absolute atomic E-state index is 3.65. The summed E-state index contributed by atoms with van der Waals surface area (Å²) in [7, 11) is 0. The van der Waals surface area contributed by atoms with Gasteiger partial charge in [-0.2, -0.15) is 0 Å². The average Bonchev–Trinajstić information content (AvgIpc) is 1.66. The van der Waals surface area contributed by atoms with Crippen LogP contribution in [0.3, 0.4) is 0 Å². The van der Waals surface area contributed by atoms with Gasteiger partial charge in [0.05, 0.1) is 6.67 Å². The third-order valence-electron chi connectivity index (χ3n) is 0.776. The molecule has 0 aromatic carbocycles. The molecule has 0 amide bonds. The van der Waals surface area contributed by atoms with Crippen LogP contribution in [0, 0.1) is 5.92 Å². The van der Waals surface area contributed by atoms with Gasteiger partial charge in [0.1, 0.15) is 0 Å². The number of hydrogen-bond donors (Lipinski definition) is 1. The second-order valence-corrected chi connectivity index (χ2v) is 2.23. The Morgan fingerprint density at radius 1 is 1.62 bits per heavy atom. The summed E-state index contributed by atoms with van der Waals surface area (Å²) in [6.07, 6.45) is 0. The standard InChI is InChI=1S/C6H14N2/c1-6(2)4-8-5-7-3/h6,8H,3-5H2,1-2H3. The van der Waals surface area contributed by atoms with E-state index >= 15 is 0 Å². The maximum Gasteiger partial charge on any atom is 0.0877 e. The molecule has 0 aromatic heterocycles. The van der Waals surface area contributed by atoms with Gasteiger partial charge in [0.25, 0.3) is 0 Å². The Morgan fingerprint density at radius 2 is 2.25 bits per heavy atom. The molecule has 0 aliphatic rings. The van der Waals surface area contributed by atoms with Crippen molar-refractivity contribution in [1.82, 2.24) is 5.32 Å². The summed E-state index contributed by atoms with van der Waals surface area (Å²) in [5.41, 5.74) is 0. The topological polar surface area (TPSA) is 24.4 Å². The lowest BCUT2D eigenvalue weighted by Crippen LogP contribution is -2.19. The van der Waals surface area contributed by atoms with Gasteiger partial charge in [0.15, 0.2) is 0 Å². The minimum Gasteiger partial charge on any atom is -0.298 e. The number of rotatable bonds is 4. The van der Waals surface area contributed by atoms with Crippen LogP contribution in [0.4, 0.5) is 0 Å². The first-order valence-electron chi connectivity index (χ1n) is 2.90. The first-order chi connectivity index (χ1) is 3.77. The number of nitrogens with one attached hydrogen (secondary N) is 1. The third kappa shape index (κ3) is 5.63. The van der Waals surface area contributed by atoms with Crippen LogP contribution in [0.5, 0.6) is 0 Å². The minimum absolute atomic E-state index is 0.679. The molecule has 48 valence electrons. The fraction of sp³-hybridized carbons (Fsp3) is 0.833. The summed E-state index contributed by atoms with van der Waals surface area (Å²) in [5.74, 6) is 0.705. The van der Waals surface area contributed by atoms with E-state index in [1.807, 2.05) is 0 Å². The van der Waals surface area contributed by atoms with Crippen molar-refractivity contribution in [1.29, 1.82) is 0 Å². The van der Waals surface area contributed by atoms with E-state index in [0.717, 1.165) is 6.54 Å². The number of hydrogen-bond acceptors (Lipinski definition) is 2. The Morgan fingerprint density at radius 3 is 2.62 bits per heavy atom. The Kier molecular flexibility index (Phi) is 4.56. The fourth-order valence-electron chi connectivity index (χ4n) is 0.432. The highest BCUT2D eigenvalue weighted by atomic mass is 15.0. The molecule has 0 spiro atoms. The molecule has 2 nitrogen and oxygen atoms in total. The van der Waals surface area contributed by atoms with Crippen molar-refractivity contribution in [2.24, 2.45) is 10.9 Å². The summed E-state index contributed by atoms with van der Waals surface area (Å²) in [6, 6.07) is 0. The van der Waals surface area contributed by atoms with E-state index in [1.54, 1.807) is 0 Å². The summed E-state index contributed by atoms with van der Waals surface area (Å²) >= 11 is 0. The first kappa shape index (κ1) is 7.63. The molecule has 0 aliphatic carbocycles. The summed E-state index contributed by atoms with van der Waals surface area (Å²) in [6.45, 7) is 9.38. The van der Waals surface area contributed by atoms with Crippen molar-refractivity contribution in [3.63, 3.8) is 0 Å². The maximum atomic E-state index is 3.65. The summed E-state index contributed by atoms with van der Waals surface area (Å²) < 4.78 is 0. The lowest BCUT2D eigenvalue weighted by molar-refractivity contribution is 0.562. The van der Waals surface area contributed by atoms with Crippen LogP contribution in [0.1, 0.15) is 13.8 Å². The number of nitrogens with zero attached hydrogens (tertiary/aromatic N) is 1. The smallest absolute Gasteiger partial charge is 0.0877 e. The van der Waals surface area contributed by atoms with Crippen LogP contribution in [0.25, 0.3) is 0 Å². The fourth-order valence-corrected chi connectivity index (χ4v) is 0.432. The van der Waals surface area contributed by atoms with E-state index in [0.29, 0.717) is 12.6 Å². The Hall–Kier alpha value is -0.370. The van der Waals surface area contributed by atoms with Gasteiger partial charge in [0, 0.05) is 0 Å². The highest BCUT2D eigenvalue weighted by Crippen LogP contribution is 1.85. The molecule has 0 fully saturated rings. The normalized spacial score (nSPS) is 9.88. The molecule has 2 heteroatoms. The van der Waals surface area contributed by atoms with Gasteiger partial charge in [-0.25, -0.2) is 0 Å². The van der Waals surface area contributed by atoms with Gasteiger partial charge in [-0.15, -0.1) is 0 Å². The zero-order valence-electron chi connectivity index (χ0n) is 5.65. The largest absolute Gasteiger partial charge is 0.298 e. The second kappa shape index (κ2) is 4.78. The van der Waals surface area contributed by atoms with Crippen molar-refractivity contribution in [3.8, 4) is 0 Å². The predicted octanol–water partition coefficient (Wildman–Crippen LogP) is 0.890. The van der Waals surface area contributed by atoms with E-state index in [1.165, 1.54) is 0 Å². The molecule has 0 aliphatic heterocycles. The quantitative estimate of drug-likeness (QED) is 0.426. The molecule has 0 aromatic rings. The lowest BCUT2D eigenvalue weighted by atomic mass is 10.2. The minimum atomic E-state index is 0.679. The van der Waals surface area contributed by atoms with Crippen LogP contribution < -0.4 is 5.32 Å². The first-order valence-corrected chi connectivity index (χ1v) is 2.90. The average molecular weight is 114 g/mol. The van der Waals surface area contributed by atoms with Gasteiger partial charge in [-0.3, -0.25) is 10.3 Å². The molecule has 0 unspecified atom stereocenters. The van der Waals surface area contributed by atoms with Crippen molar-refractivity contribution in [2.75, 3.05) is 13.2 Å². The molecule has 0 saturated heterocycles. The molecular formula is C6H14N2. The predicted molar refractivity (Wildman–Crippen MR) is 37.3 cm³/mol. The zero-order valence-corrected chi connectivity index (χ0v) is 5.65. The van der Waals surface area contributed by atoms with Gasteiger partial charge in [0.2, 0.25) is 0 Å². The zero-order chi connectivity index (χ0) is 6.41. The van der Waals surface area contributed by atoms with Crippen molar-refractivity contribution >= 4 is 6.72 Å². The molecule has 8 heavy (non-hydrogen) atoms. The molecule has 0 radical (unpaired) electrons. The lowest BCUT2D eigenvalue weighted by Gasteiger charge is -2.02. The van der Waals surface area contributed by atoms with Crippen LogP contribution in [-0.2, 0) is 0 Å². The van der Waals surface area contributed by atoms with E-state index in [-0.39, 0.29) is 0 Å². The van der Waals surface area contributed by atoms with Crippen LogP contribution >= 0.6 is 0 Å². The molecular weight excluding hydrogens is 100 g/mol. The van der Waals surface area contributed by atoms with E-state index in [4.69, 9.17) is 0 Å². The van der Waals surface area contributed by atoms with Gasteiger partial charge < -0.3 is 0 Å². The third-order valence-corrected chi connectivity index (χ3v) is 0.776. The molecule has 1 N–H and O–H groups in total. The highest BCUT2D eigenvalue weighted by molar-refractivity contribution is 5.22. The summed E-state index contributed by atoms with van der Waals surface area (Å²) in [5, 5.41) is 3.11. The van der Waals surface area contributed by atoms with E-state index in [9.17, 15) is 0 Å². The van der Waals surface area contributed by atoms with Crippen molar-refractivity contribution in [2.45, 2.75) is 13.8 Å². The number of aliphatic imine (C=N–C) groups is 1. The van der Waals surface area contributed by atoms with Gasteiger partial charge >= 0.3 is 0 Å². The molecule has 0 atom stereocenters. The van der Waals surface area contributed by atoms with Crippen molar-refractivity contribution < 1.29 is 0 Å². The summed E-state index contributed by atoms with van der Waals surface area (Å²) in [4.78, 5) is 3.65. The van der Waals surface area contributed by atoms with Gasteiger partial charge in [-0.05, 0) is 19.2 Å². The highest BCUT2D eigenvalue weighted by Gasteiger charge is 1.88. The van der Waals surface area contributed by atoms with Crippen LogP contribution in [-0.4, -0.2) is 19.9 Å². The molecule has 0 heterocycles. The molecule has 0 bridgehead atoms. The van der Waals surface area contributed by atoms with Crippen LogP contribution in [0.2, 0.25) is 0 Å². The Balaban J connectivity index is 2.81. The van der Waals surface area contributed by atoms with E-state index < -0.39 is 0 Å². The monoisotopic (exact) mass is 114 g/mol. The van der Waals surface area contributed by atoms with Crippen LogP contribution in [0.15, 0.2) is 4.99 Å². The SMILES string of the molecule is C=NCNCC(C)C. The van der Waals surface area contributed by atoms with E-state index in [2.05, 4.69) is 30.9 Å².